The topological polar surface area (TPSA) is 177 Å². The minimum Gasteiger partial charge on any atom is -0.497 e. The van der Waals surface area contributed by atoms with E-state index in [0.29, 0.717) is 11.5 Å². The first-order valence-corrected chi connectivity index (χ1v) is 22.8. The van der Waals surface area contributed by atoms with Gasteiger partial charge in [0.1, 0.15) is 54.3 Å². The van der Waals surface area contributed by atoms with Crippen LogP contribution in [0.15, 0.2) is 78.9 Å². The van der Waals surface area contributed by atoms with Crippen LogP contribution in [0.4, 0.5) is 0 Å². The lowest BCUT2D eigenvalue weighted by Crippen LogP contribution is -2.72. The zero-order valence-corrected chi connectivity index (χ0v) is 38.7. The third-order valence-corrected chi connectivity index (χ3v) is 13.5. The Bertz CT molecular complexity index is 2010. The van der Waals surface area contributed by atoms with Crippen LogP contribution in [0.3, 0.4) is 0 Å². The molecule has 0 bridgehead atoms. The monoisotopic (exact) mass is 899 g/mol. The Kier molecular flexibility index (Phi) is 17.1. The molecule has 3 saturated heterocycles. The van der Waals surface area contributed by atoms with E-state index in [1.165, 1.54) is 0 Å². The minimum atomic E-state index is -1.83. The average molecular weight is 900 g/mol. The van der Waals surface area contributed by atoms with Crippen LogP contribution >= 0.6 is 8.53 Å². The maximum Gasteiger partial charge on any atom is 0.259 e. The molecule has 3 fully saturated rings. The summed E-state index contributed by atoms with van der Waals surface area (Å²) >= 11 is 0. The second-order valence-corrected chi connectivity index (χ2v) is 18.0. The van der Waals surface area contributed by atoms with Gasteiger partial charge in [-0.05, 0) is 68.7 Å². The molecule has 0 saturated carbocycles. The van der Waals surface area contributed by atoms with Crippen molar-refractivity contribution >= 4 is 20.3 Å². The summed E-state index contributed by atoms with van der Waals surface area (Å²) in [6.07, 6.45) is 1.14. The summed E-state index contributed by atoms with van der Waals surface area (Å²) in [5.74, 6) is 3.15. The molecule has 344 valence electrons. The highest BCUT2D eigenvalue weighted by Crippen LogP contribution is 2.51. The molecule has 3 heterocycles. The highest BCUT2D eigenvalue weighted by molar-refractivity contribution is 7.44. The summed E-state index contributed by atoms with van der Waals surface area (Å²) in [6.45, 7) is 12.1. The van der Waals surface area contributed by atoms with Crippen molar-refractivity contribution in [1.29, 1.82) is 5.26 Å². The maximum absolute atomic E-state index is 13.6. The number of carbonyl (C=O) groups is 2. The number of nitrogens with one attached hydrogen (secondary N) is 4. The van der Waals surface area contributed by atoms with Gasteiger partial charge in [-0.15, -0.1) is 6.42 Å². The normalized spacial score (nSPS) is 24.0. The maximum atomic E-state index is 13.6. The van der Waals surface area contributed by atoms with Gasteiger partial charge in [-0.3, -0.25) is 20.2 Å². The van der Waals surface area contributed by atoms with Gasteiger partial charge in [0, 0.05) is 18.0 Å². The SMILES string of the molecule is C#CCO[C@@H]1[C@H](OP(OCCC#N)N(C(C)C)C(C)C)[C@@H](COC(c2ccccc2)(c2ccc(OC)cc2)c2ccc(OC)cc2)O[C@H]1N1CNC2C(=O)NC(NC(=O)C(C)C)NC21. The molecule has 6 rings (SSSR count). The van der Waals surface area contributed by atoms with E-state index >= 15 is 0 Å². The lowest BCUT2D eigenvalue weighted by atomic mass is 9.80. The average Bonchev–Trinajstić information content (AvgIpc) is 3.87. The van der Waals surface area contributed by atoms with Crippen molar-refractivity contribution in [2.45, 2.75) is 109 Å². The second kappa shape index (κ2) is 22.5. The first-order valence-electron chi connectivity index (χ1n) is 21.7. The third kappa shape index (κ3) is 10.9. The quantitative estimate of drug-likeness (QED) is 0.0499. The summed E-state index contributed by atoms with van der Waals surface area (Å²) in [5.41, 5.74) is 1.29. The molecule has 0 radical (unpaired) electrons. The molecular weight excluding hydrogens is 838 g/mol. The van der Waals surface area contributed by atoms with E-state index < -0.39 is 57.2 Å². The smallest absolute Gasteiger partial charge is 0.259 e. The second-order valence-electron chi connectivity index (χ2n) is 16.5. The Morgan fingerprint density at radius 3 is 2.11 bits per heavy atom. The van der Waals surface area contributed by atoms with Gasteiger partial charge in [0.15, 0.2) is 6.29 Å². The highest BCUT2D eigenvalue weighted by Gasteiger charge is 2.56. The van der Waals surface area contributed by atoms with Crippen molar-refractivity contribution in [2.75, 3.05) is 40.7 Å². The first kappa shape index (κ1) is 48.8. The number of carbonyl (C=O) groups excluding carboxylic acids is 2. The Hall–Kier alpha value is -4.68. The van der Waals surface area contributed by atoms with Crippen molar-refractivity contribution < 1.29 is 42.3 Å². The molecule has 64 heavy (non-hydrogen) atoms. The molecular formula is C47H62N7O9P. The number of rotatable bonds is 21. The fourth-order valence-electron chi connectivity index (χ4n) is 8.35. The Balaban J connectivity index is 1.46. The van der Waals surface area contributed by atoms with E-state index in [0.717, 1.165) is 16.7 Å². The molecule has 3 aliphatic heterocycles. The molecule has 3 aromatic carbocycles. The minimum absolute atomic E-state index is 0.00607. The fraction of sp³-hybridized carbons (Fsp3) is 0.511. The van der Waals surface area contributed by atoms with Gasteiger partial charge in [-0.1, -0.05) is 74.4 Å². The number of nitrogens with zero attached hydrogens (tertiary/aromatic N) is 3. The van der Waals surface area contributed by atoms with Gasteiger partial charge in [0.25, 0.3) is 8.53 Å². The van der Waals surface area contributed by atoms with E-state index in [-0.39, 0.29) is 62.7 Å². The van der Waals surface area contributed by atoms with Crippen molar-refractivity contribution in [3.05, 3.63) is 95.6 Å². The van der Waals surface area contributed by atoms with Gasteiger partial charge < -0.3 is 43.4 Å². The van der Waals surface area contributed by atoms with Crippen LogP contribution < -0.4 is 30.7 Å². The molecule has 4 unspecified atom stereocenters. The van der Waals surface area contributed by atoms with Crippen molar-refractivity contribution in [2.24, 2.45) is 5.92 Å². The summed E-state index contributed by atoms with van der Waals surface area (Å²) < 4.78 is 48.0. The van der Waals surface area contributed by atoms with Crippen LogP contribution in [-0.4, -0.2) is 117 Å². The molecule has 0 spiro atoms. The predicted molar refractivity (Wildman–Crippen MR) is 241 cm³/mol. The Morgan fingerprint density at radius 2 is 1.56 bits per heavy atom. The van der Waals surface area contributed by atoms with E-state index in [9.17, 15) is 14.9 Å². The zero-order chi connectivity index (χ0) is 46.0. The van der Waals surface area contributed by atoms with E-state index in [1.54, 1.807) is 28.1 Å². The standard InChI is InChI=1S/C47H62N7O9P/c1-10-26-59-41-40(63-64(61-27-14-25-48)54(31(4)5)32(6)7)38(62-45(41)53-29-49-39-42(53)50-46(52-44(39)56)51-43(55)30(2)3)28-60-47(33-15-12-11-13-16-33,34-17-21-36(57-8)22-18-34)35-19-23-37(58-9)24-20-35/h1,11-13,15-24,30-32,38-42,45-46,49-50H,14,26-29H2,2-9H3,(H,51,55)(H,52,56)/t38-,39?,40-,41-,42?,45-,46?,64?/m1/s1. The number of hydrogen-bond donors (Lipinski definition) is 4. The summed E-state index contributed by atoms with van der Waals surface area (Å²) in [4.78, 5) is 28.3. The van der Waals surface area contributed by atoms with Crippen molar-refractivity contribution in [1.82, 2.24) is 30.8 Å². The summed E-state index contributed by atoms with van der Waals surface area (Å²) in [7, 11) is 1.42. The van der Waals surface area contributed by atoms with Crippen LogP contribution in [0.25, 0.3) is 0 Å². The van der Waals surface area contributed by atoms with Gasteiger partial charge in [-0.25, -0.2) is 9.57 Å². The van der Waals surface area contributed by atoms with Gasteiger partial charge in [-0.2, -0.15) is 5.26 Å². The highest BCUT2D eigenvalue weighted by atomic mass is 31.2. The molecule has 3 aliphatic rings. The largest absolute Gasteiger partial charge is 0.497 e. The zero-order valence-electron chi connectivity index (χ0n) is 37.9. The number of benzene rings is 3. The van der Waals surface area contributed by atoms with Crippen molar-refractivity contribution in [3.63, 3.8) is 0 Å². The van der Waals surface area contributed by atoms with Crippen LogP contribution in [0, 0.1) is 29.6 Å². The fourth-order valence-corrected chi connectivity index (χ4v) is 10.1. The number of terminal acetylenes is 1. The van der Waals surface area contributed by atoms with E-state index in [2.05, 4.69) is 65.6 Å². The van der Waals surface area contributed by atoms with Gasteiger partial charge in [0.05, 0.1) is 52.8 Å². The van der Waals surface area contributed by atoms with Crippen LogP contribution in [0.1, 0.15) is 64.7 Å². The Labute approximate surface area is 378 Å². The number of hydrogen-bond acceptors (Lipinski definition) is 14. The third-order valence-electron chi connectivity index (χ3n) is 11.4. The summed E-state index contributed by atoms with van der Waals surface area (Å²) in [5, 5.41) is 22.0. The van der Waals surface area contributed by atoms with Gasteiger partial charge >= 0.3 is 0 Å². The number of methoxy groups -OCH3 is 2. The molecule has 2 amide bonds. The predicted octanol–water partition coefficient (Wildman–Crippen LogP) is 4.75. The van der Waals surface area contributed by atoms with E-state index in [1.807, 2.05) is 83.8 Å². The number of nitriles is 1. The molecule has 4 N–H and O–H groups in total. The Morgan fingerprint density at radius 1 is 0.953 bits per heavy atom. The van der Waals surface area contributed by atoms with Crippen molar-refractivity contribution in [3.8, 4) is 29.9 Å². The molecule has 0 aromatic heterocycles. The molecule has 8 atom stereocenters. The molecule has 16 nitrogen and oxygen atoms in total. The number of ether oxygens (including phenoxy) is 5. The number of amides is 2. The molecule has 0 aliphatic carbocycles. The molecule has 17 heteroatoms. The van der Waals surface area contributed by atoms with Crippen LogP contribution in [0.2, 0.25) is 0 Å². The summed E-state index contributed by atoms with van der Waals surface area (Å²) in [6, 6.07) is 26.9. The van der Waals surface area contributed by atoms with Crippen LogP contribution in [-0.2, 0) is 38.4 Å². The number of fused-ring (bicyclic) bond motifs is 1. The molecule has 3 aromatic rings. The van der Waals surface area contributed by atoms with Gasteiger partial charge in [0.2, 0.25) is 11.8 Å². The lowest BCUT2D eigenvalue weighted by Gasteiger charge is -2.40. The van der Waals surface area contributed by atoms with E-state index in [4.69, 9.17) is 39.2 Å². The lowest BCUT2D eigenvalue weighted by molar-refractivity contribution is -0.142. The van der Waals surface area contributed by atoms with Crippen LogP contribution in [0.5, 0.6) is 11.5 Å². The first-order chi connectivity index (χ1) is 30.9.